The molecule has 0 radical (unpaired) electrons. The number of aliphatic hydroxyl groups is 1. The van der Waals surface area contributed by atoms with Gasteiger partial charge in [-0.3, -0.25) is 9.59 Å². The summed E-state index contributed by atoms with van der Waals surface area (Å²) in [6.45, 7) is 4.26. The zero-order chi connectivity index (χ0) is 20.1. The van der Waals surface area contributed by atoms with Gasteiger partial charge in [0.1, 0.15) is 0 Å². The van der Waals surface area contributed by atoms with Crippen molar-refractivity contribution < 1.29 is 19.8 Å². The fraction of sp³-hybridized carbons (Fsp3) is 0.739. The highest BCUT2D eigenvalue weighted by molar-refractivity contribution is 5.94. The van der Waals surface area contributed by atoms with Crippen molar-refractivity contribution in [3.05, 3.63) is 24.3 Å². The van der Waals surface area contributed by atoms with Crippen LogP contribution in [-0.2, 0) is 9.59 Å². The maximum atomic E-state index is 12.2. The van der Waals surface area contributed by atoms with E-state index in [4.69, 9.17) is 5.11 Å². The fourth-order valence-corrected chi connectivity index (χ4v) is 3.81. The van der Waals surface area contributed by atoms with Gasteiger partial charge < -0.3 is 10.2 Å². The summed E-state index contributed by atoms with van der Waals surface area (Å²) in [6, 6.07) is 0. The van der Waals surface area contributed by atoms with E-state index < -0.39 is 5.97 Å². The zero-order valence-electron chi connectivity index (χ0n) is 17.1. The molecular weight excluding hydrogens is 340 g/mol. The van der Waals surface area contributed by atoms with Crippen LogP contribution in [0.15, 0.2) is 24.3 Å². The molecule has 0 aliphatic heterocycles. The standard InChI is InChI=1S/C23H38O4/c1-3-5-7-10-18(17-24)13-14-20-15-16-22(25)21(20)12-9-6-8-11-19(4-2)23(26)27/h13-16,18-21,24H,3-12,17H2,1-2H3,(H,26,27)/b14-13+/t18?,19?,20-,21+/m0/s1. The van der Waals surface area contributed by atoms with Gasteiger partial charge in [-0.2, -0.15) is 0 Å². The normalized spacial score (nSPS) is 21.8. The first-order valence-electron chi connectivity index (χ1n) is 10.8. The van der Waals surface area contributed by atoms with Crippen LogP contribution >= 0.6 is 0 Å². The smallest absolute Gasteiger partial charge is 0.306 e. The largest absolute Gasteiger partial charge is 0.481 e. The molecule has 27 heavy (non-hydrogen) atoms. The summed E-state index contributed by atoms with van der Waals surface area (Å²) in [4.78, 5) is 23.2. The van der Waals surface area contributed by atoms with Gasteiger partial charge in [-0.1, -0.05) is 70.6 Å². The minimum atomic E-state index is -0.699. The molecule has 0 saturated carbocycles. The second-order valence-electron chi connectivity index (χ2n) is 7.85. The van der Waals surface area contributed by atoms with Crippen LogP contribution in [0.5, 0.6) is 0 Å². The Labute approximate surface area is 164 Å². The van der Waals surface area contributed by atoms with Gasteiger partial charge in [0.2, 0.25) is 0 Å². The third-order valence-corrected chi connectivity index (χ3v) is 5.74. The summed E-state index contributed by atoms with van der Waals surface area (Å²) in [7, 11) is 0. The Morgan fingerprint density at radius 3 is 2.52 bits per heavy atom. The van der Waals surface area contributed by atoms with Crippen LogP contribution in [0.3, 0.4) is 0 Å². The van der Waals surface area contributed by atoms with Gasteiger partial charge in [0, 0.05) is 18.4 Å². The molecule has 4 atom stereocenters. The minimum absolute atomic E-state index is 0.0117. The van der Waals surface area contributed by atoms with Crippen molar-refractivity contribution in [2.24, 2.45) is 23.7 Å². The third kappa shape index (κ3) is 8.87. The molecule has 1 rings (SSSR count). The summed E-state index contributed by atoms with van der Waals surface area (Å²) in [6.07, 6.45) is 17.5. The van der Waals surface area contributed by atoms with E-state index in [-0.39, 0.29) is 36.1 Å². The molecule has 154 valence electrons. The number of carboxylic acid groups (broad SMARTS) is 1. The van der Waals surface area contributed by atoms with Crippen molar-refractivity contribution in [2.45, 2.75) is 78.1 Å². The van der Waals surface area contributed by atoms with Crippen LogP contribution in [0.1, 0.15) is 78.1 Å². The summed E-state index contributed by atoms with van der Waals surface area (Å²) in [5.41, 5.74) is 0. The van der Waals surface area contributed by atoms with Crippen LogP contribution in [0, 0.1) is 23.7 Å². The maximum Gasteiger partial charge on any atom is 0.306 e. The minimum Gasteiger partial charge on any atom is -0.481 e. The second-order valence-corrected chi connectivity index (χ2v) is 7.85. The lowest BCUT2D eigenvalue weighted by atomic mass is 9.87. The Balaban J connectivity index is 2.39. The molecule has 0 heterocycles. The molecule has 0 amide bonds. The number of unbranched alkanes of at least 4 members (excludes halogenated alkanes) is 4. The SMILES string of the molecule is CCCCCC(/C=C/[C@H]1C=CC(=O)[C@@H]1CCCCCC(CC)C(=O)O)CO. The number of aliphatic carboxylic acids is 1. The van der Waals surface area contributed by atoms with Gasteiger partial charge in [0.15, 0.2) is 5.78 Å². The Morgan fingerprint density at radius 2 is 1.89 bits per heavy atom. The number of ketones is 1. The molecule has 4 nitrogen and oxygen atoms in total. The van der Waals surface area contributed by atoms with Gasteiger partial charge in [-0.25, -0.2) is 0 Å². The van der Waals surface area contributed by atoms with E-state index in [1.54, 1.807) is 6.08 Å². The summed E-state index contributed by atoms with van der Waals surface area (Å²) < 4.78 is 0. The molecule has 0 aromatic heterocycles. The number of rotatable bonds is 15. The average Bonchev–Trinajstić information content (AvgIpc) is 3.00. The maximum absolute atomic E-state index is 12.2. The van der Waals surface area contributed by atoms with E-state index >= 15 is 0 Å². The first-order valence-corrected chi connectivity index (χ1v) is 10.8. The van der Waals surface area contributed by atoms with E-state index in [1.807, 2.05) is 13.0 Å². The molecule has 2 N–H and O–H groups in total. The number of hydrogen-bond donors (Lipinski definition) is 2. The van der Waals surface area contributed by atoms with E-state index in [1.165, 1.54) is 12.8 Å². The quantitative estimate of drug-likeness (QED) is 0.305. The Morgan fingerprint density at radius 1 is 1.15 bits per heavy atom. The van der Waals surface area contributed by atoms with E-state index in [9.17, 15) is 14.7 Å². The van der Waals surface area contributed by atoms with Gasteiger partial charge in [-0.05, 0) is 37.7 Å². The van der Waals surface area contributed by atoms with Crippen molar-refractivity contribution in [3.8, 4) is 0 Å². The zero-order valence-corrected chi connectivity index (χ0v) is 17.1. The number of allylic oxidation sites excluding steroid dienone is 3. The summed E-state index contributed by atoms with van der Waals surface area (Å²) in [5, 5.41) is 18.6. The van der Waals surface area contributed by atoms with E-state index in [0.717, 1.165) is 44.9 Å². The molecule has 0 saturated heterocycles. The van der Waals surface area contributed by atoms with Crippen LogP contribution in [-0.4, -0.2) is 28.6 Å². The highest BCUT2D eigenvalue weighted by Gasteiger charge is 2.27. The topological polar surface area (TPSA) is 74.6 Å². The van der Waals surface area contributed by atoms with E-state index in [2.05, 4.69) is 19.1 Å². The van der Waals surface area contributed by atoms with Gasteiger partial charge in [-0.15, -0.1) is 0 Å². The first kappa shape index (κ1) is 23.6. The predicted octanol–water partition coefficient (Wildman–Crippen LogP) is 5.16. The summed E-state index contributed by atoms with van der Waals surface area (Å²) in [5.74, 6) is -0.400. The van der Waals surface area contributed by atoms with E-state index in [0.29, 0.717) is 6.42 Å². The van der Waals surface area contributed by atoms with Gasteiger partial charge in [0.25, 0.3) is 0 Å². The Hall–Kier alpha value is -1.42. The first-order chi connectivity index (χ1) is 13.0. The molecule has 4 heteroatoms. The van der Waals surface area contributed by atoms with Gasteiger partial charge >= 0.3 is 5.97 Å². The molecule has 0 fully saturated rings. The molecular formula is C23H38O4. The lowest BCUT2D eigenvalue weighted by molar-refractivity contribution is -0.142. The Bertz CT molecular complexity index is 495. The van der Waals surface area contributed by atoms with Crippen LogP contribution < -0.4 is 0 Å². The molecule has 0 aromatic carbocycles. The van der Waals surface area contributed by atoms with Crippen molar-refractivity contribution in [2.75, 3.05) is 6.61 Å². The van der Waals surface area contributed by atoms with Crippen molar-refractivity contribution in [3.63, 3.8) is 0 Å². The Kier molecular flexibility index (Phi) is 12.0. The van der Waals surface area contributed by atoms with Crippen molar-refractivity contribution in [1.82, 2.24) is 0 Å². The van der Waals surface area contributed by atoms with Crippen LogP contribution in [0.4, 0.5) is 0 Å². The second kappa shape index (κ2) is 13.7. The highest BCUT2D eigenvalue weighted by Crippen LogP contribution is 2.29. The van der Waals surface area contributed by atoms with Crippen LogP contribution in [0.2, 0.25) is 0 Å². The number of aliphatic hydroxyl groups excluding tert-OH is 1. The molecule has 1 aliphatic carbocycles. The number of carboxylic acids is 1. The predicted molar refractivity (Wildman–Crippen MR) is 109 cm³/mol. The monoisotopic (exact) mass is 378 g/mol. The average molecular weight is 379 g/mol. The molecule has 2 unspecified atom stereocenters. The fourth-order valence-electron chi connectivity index (χ4n) is 3.81. The molecule has 0 spiro atoms. The number of hydrogen-bond acceptors (Lipinski definition) is 3. The number of carbonyl (C=O) groups is 2. The molecule has 0 bridgehead atoms. The highest BCUT2D eigenvalue weighted by atomic mass is 16.4. The lowest BCUT2D eigenvalue weighted by Crippen LogP contribution is -2.15. The number of carbonyl (C=O) groups excluding carboxylic acids is 1. The summed E-state index contributed by atoms with van der Waals surface area (Å²) >= 11 is 0. The third-order valence-electron chi connectivity index (χ3n) is 5.74. The van der Waals surface area contributed by atoms with Gasteiger partial charge in [0.05, 0.1) is 5.92 Å². The van der Waals surface area contributed by atoms with Crippen LogP contribution in [0.25, 0.3) is 0 Å². The van der Waals surface area contributed by atoms with Crippen molar-refractivity contribution in [1.29, 1.82) is 0 Å². The molecule has 0 aromatic rings. The molecule has 1 aliphatic rings. The van der Waals surface area contributed by atoms with Crippen molar-refractivity contribution >= 4 is 11.8 Å². The lowest BCUT2D eigenvalue weighted by Gasteiger charge is -2.16.